The van der Waals surface area contributed by atoms with Crippen LogP contribution in [0.5, 0.6) is 5.75 Å². The lowest BCUT2D eigenvalue weighted by atomic mass is 10.2. The Kier molecular flexibility index (Phi) is 4.56. The van der Waals surface area contributed by atoms with Gasteiger partial charge in [-0.3, -0.25) is 4.79 Å². The molecule has 5 nitrogen and oxygen atoms in total. The number of aromatic hydroxyl groups is 1. The van der Waals surface area contributed by atoms with Crippen LogP contribution in [0.1, 0.15) is 15.9 Å². The van der Waals surface area contributed by atoms with Crippen LogP contribution in [-0.4, -0.2) is 31.3 Å². The van der Waals surface area contributed by atoms with Gasteiger partial charge in [0.2, 0.25) is 0 Å². The number of carbonyl (C=O) groups excluding carboxylic acids is 1. The number of hydrogen-bond donors (Lipinski definition) is 2. The fourth-order valence-electron chi connectivity index (χ4n) is 1.75. The molecule has 0 heterocycles. The summed E-state index contributed by atoms with van der Waals surface area (Å²) in [7, 11) is 3.94. The van der Waals surface area contributed by atoms with Crippen LogP contribution >= 0.6 is 0 Å². The molecule has 0 spiro atoms. The zero-order valence-corrected chi connectivity index (χ0v) is 11.9. The van der Waals surface area contributed by atoms with Crippen molar-refractivity contribution < 1.29 is 9.90 Å². The number of hydrazone groups is 1. The van der Waals surface area contributed by atoms with Crippen LogP contribution in [0.3, 0.4) is 0 Å². The van der Waals surface area contributed by atoms with Crippen LogP contribution in [0, 0.1) is 0 Å². The van der Waals surface area contributed by atoms with Crippen molar-refractivity contribution in [3.8, 4) is 5.75 Å². The van der Waals surface area contributed by atoms with Gasteiger partial charge in [0, 0.05) is 19.8 Å². The maximum absolute atomic E-state index is 11.8. The van der Waals surface area contributed by atoms with Gasteiger partial charge in [0.05, 0.1) is 11.8 Å². The van der Waals surface area contributed by atoms with Gasteiger partial charge in [0.15, 0.2) is 0 Å². The predicted octanol–water partition coefficient (Wildman–Crippen LogP) is 2.22. The van der Waals surface area contributed by atoms with Crippen molar-refractivity contribution in [3.05, 3.63) is 59.7 Å². The van der Waals surface area contributed by atoms with E-state index >= 15 is 0 Å². The molecule has 0 aliphatic carbocycles. The molecule has 0 bridgehead atoms. The third kappa shape index (κ3) is 3.82. The minimum Gasteiger partial charge on any atom is -0.507 e. The van der Waals surface area contributed by atoms with Gasteiger partial charge in [0.1, 0.15) is 5.75 Å². The number of para-hydroxylation sites is 1. The smallest absolute Gasteiger partial charge is 0.275 e. The number of rotatable bonds is 4. The second kappa shape index (κ2) is 6.56. The van der Waals surface area contributed by atoms with E-state index in [0.29, 0.717) is 0 Å². The molecule has 0 radical (unpaired) electrons. The van der Waals surface area contributed by atoms with Crippen molar-refractivity contribution >= 4 is 17.8 Å². The highest BCUT2D eigenvalue weighted by Gasteiger charge is 2.08. The third-order valence-electron chi connectivity index (χ3n) is 2.94. The molecule has 0 fully saturated rings. The molecule has 2 aromatic rings. The number of phenolic OH excluding ortho intramolecular Hbond substituents is 1. The summed E-state index contributed by atoms with van der Waals surface area (Å²) in [6.07, 6.45) is 1.55. The molecule has 2 N–H and O–H groups in total. The van der Waals surface area contributed by atoms with Crippen LogP contribution in [0.2, 0.25) is 0 Å². The summed E-state index contributed by atoms with van der Waals surface area (Å²) >= 11 is 0. The molecule has 2 rings (SSSR count). The van der Waals surface area contributed by atoms with Gasteiger partial charge in [-0.05, 0) is 29.8 Å². The van der Waals surface area contributed by atoms with Crippen molar-refractivity contribution in [1.82, 2.24) is 5.43 Å². The molecule has 0 unspecified atom stereocenters. The lowest BCUT2D eigenvalue weighted by Gasteiger charge is -2.11. The zero-order valence-electron chi connectivity index (χ0n) is 11.9. The number of phenols is 1. The number of carbonyl (C=O) groups is 1. The van der Waals surface area contributed by atoms with Crippen molar-refractivity contribution in [2.24, 2.45) is 5.10 Å². The van der Waals surface area contributed by atoms with Crippen LogP contribution < -0.4 is 10.3 Å². The van der Waals surface area contributed by atoms with Gasteiger partial charge in [-0.1, -0.05) is 24.3 Å². The lowest BCUT2D eigenvalue weighted by molar-refractivity contribution is 0.0952. The highest BCUT2D eigenvalue weighted by atomic mass is 16.3. The van der Waals surface area contributed by atoms with Crippen molar-refractivity contribution in [3.63, 3.8) is 0 Å². The number of nitrogens with one attached hydrogen (secondary N) is 1. The Morgan fingerprint density at radius 3 is 2.43 bits per heavy atom. The summed E-state index contributed by atoms with van der Waals surface area (Å²) in [4.78, 5) is 13.8. The van der Waals surface area contributed by atoms with E-state index in [9.17, 15) is 9.90 Å². The Labute approximate surface area is 123 Å². The Hall–Kier alpha value is -2.82. The molecule has 0 aliphatic rings. The first-order valence-corrected chi connectivity index (χ1v) is 6.46. The van der Waals surface area contributed by atoms with Crippen molar-refractivity contribution in [2.45, 2.75) is 0 Å². The number of benzene rings is 2. The van der Waals surface area contributed by atoms with E-state index in [1.165, 1.54) is 12.1 Å². The summed E-state index contributed by atoms with van der Waals surface area (Å²) in [6.45, 7) is 0. The topological polar surface area (TPSA) is 64.9 Å². The predicted molar refractivity (Wildman–Crippen MR) is 83.9 cm³/mol. The minimum absolute atomic E-state index is 0.0689. The van der Waals surface area contributed by atoms with Crippen molar-refractivity contribution in [1.29, 1.82) is 0 Å². The summed E-state index contributed by atoms with van der Waals surface area (Å²) in [5.41, 5.74) is 4.54. The van der Waals surface area contributed by atoms with Crippen LogP contribution in [0.15, 0.2) is 53.6 Å². The van der Waals surface area contributed by atoms with Gasteiger partial charge in [-0.25, -0.2) is 5.43 Å². The Bertz CT molecular complexity index is 649. The quantitative estimate of drug-likeness (QED) is 0.668. The average Bonchev–Trinajstić information content (AvgIpc) is 2.48. The van der Waals surface area contributed by atoms with E-state index in [1.54, 1.807) is 18.3 Å². The minimum atomic E-state index is -0.450. The summed E-state index contributed by atoms with van der Waals surface area (Å²) in [5.74, 6) is -0.519. The van der Waals surface area contributed by atoms with Gasteiger partial charge in [0.25, 0.3) is 5.91 Å². The summed E-state index contributed by atoms with van der Waals surface area (Å²) in [6, 6.07) is 14.1. The fourth-order valence-corrected chi connectivity index (χ4v) is 1.75. The van der Waals surface area contributed by atoms with Gasteiger partial charge in [-0.2, -0.15) is 5.10 Å². The Morgan fingerprint density at radius 2 is 1.81 bits per heavy atom. The molecule has 0 saturated heterocycles. The summed E-state index contributed by atoms with van der Waals surface area (Å²) in [5, 5.41) is 13.4. The average molecular weight is 283 g/mol. The maximum atomic E-state index is 11.8. The van der Waals surface area contributed by atoms with Gasteiger partial charge >= 0.3 is 0 Å². The molecule has 2 aromatic carbocycles. The maximum Gasteiger partial charge on any atom is 0.275 e. The molecule has 5 heteroatoms. The first-order valence-electron chi connectivity index (χ1n) is 6.46. The molecular formula is C16H17N3O2. The monoisotopic (exact) mass is 283 g/mol. The second-order valence-corrected chi connectivity index (χ2v) is 4.70. The zero-order chi connectivity index (χ0) is 15.2. The largest absolute Gasteiger partial charge is 0.507 e. The van der Waals surface area contributed by atoms with Crippen LogP contribution in [0.4, 0.5) is 5.69 Å². The summed E-state index contributed by atoms with van der Waals surface area (Å²) < 4.78 is 0. The lowest BCUT2D eigenvalue weighted by Crippen LogP contribution is -2.17. The fraction of sp³-hybridized carbons (Fsp3) is 0.125. The standard InChI is InChI=1S/C16H17N3O2/c1-19(2)13-9-7-12(8-10-13)11-17-18-16(21)14-5-3-4-6-15(14)20/h3-11,20H,1-2H3,(H,18,21)/b17-11+. The van der Waals surface area contributed by atoms with Crippen molar-refractivity contribution in [2.75, 3.05) is 19.0 Å². The van der Waals surface area contributed by atoms with E-state index in [2.05, 4.69) is 10.5 Å². The van der Waals surface area contributed by atoms with E-state index in [4.69, 9.17) is 0 Å². The SMILES string of the molecule is CN(C)c1ccc(/C=N/NC(=O)c2ccccc2O)cc1. The van der Waals surface area contributed by atoms with E-state index < -0.39 is 5.91 Å². The molecule has 21 heavy (non-hydrogen) atoms. The van der Waals surface area contributed by atoms with E-state index in [0.717, 1.165) is 11.3 Å². The molecule has 108 valence electrons. The molecule has 0 aromatic heterocycles. The number of hydrogen-bond acceptors (Lipinski definition) is 4. The first-order chi connectivity index (χ1) is 10.1. The highest BCUT2D eigenvalue weighted by molar-refractivity contribution is 5.97. The Morgan fingerprint density at radius 1 is 1.14 bits per heavy atom. The highest BCUT2D eigenvalue weighted by Crippen LogP contribution is 2.15. The van der Waals surface area contributed by atoms with E-state index in [1.807, 2.05) is 43.3 Å². The van der Waals surface area contributed by atoms with Gasteiger partial charge < -0.3 is 10.0 Å². The third-order valence-corrected chi connectivity index (χ3v) is 2.94. The molecule has 1 amide bonds. The molecule has 0 saturated carbocycles. The normalized spacial score (nSPS) is 10.6. The molecule has 0 atom stereocenters. The van der Waals surface area contributed by atoms with E-state index in [-0.39, 0.29) is 11.3 Å². The van der Waals surface area contributed by atoms with Crippen LogP contribution in [0.25, 0.3) is 0 Å². The molecular weight excluding hydrogens is 266 g/mol. The number of anilines is 1. The Balaban J connectivity index is 1.99. The number of amides is 1. The first kappa shape index (κ1) is 14.6. The van der Waals surface area contributed by atoms with Gasteiger partial charge in [-0.15, -0.1) is 0 Å². The number of nitrogens with zero attached hydrogens (tertiary/aromatic N) is 2. The second-order valence-electron chi connectivity index (χ2n) is 4.70. The van der Waals surface area contributed by atoms with Crippen LogP contribution in [-0.2, 0) is 0 Å². The molecule has 0 aliphatic heterocycles.